The number of aliphatic carboxylic acids is 1. The SMILES string of the molecule is Cn1cc(C(NC(=O)c2ccc(CO)cc2)C(=O)O)cn1. The Morgan fingerprint density at radius 3 is 2.48 bits per heavy atom. The van der Waals surface area contributed by atoms with Crippen molar-refractivity contribution in [2.24, 2.45) is 7.05 Å². The van der Waals surface area contributed by atoms with Gasteiger partial charge in [0.05, 0.1) is 12.8 Å². The average molecular weight is 289 g/mol. The number of hydrogen-bond acceptors (Lipinski definition) is 4. The summed E-state index contributed by atoms with van der Waals surface area (Å²) in [7, 11) is 1.66. The van der Waals surface area contributed by atoms with Gasteiger partial charge in [-0.1, -0.05) is 12.1 Å². The fourth-order valence-corrected chi connectivity index (χ4v) is 1.85. The molecule has 2 rings (SSSR count). The Bertz CT molecular complexity index is 648. The second kappa shape index (κ2) is 6.19. The van der Waals surface area contributed by atoms with E-state index in [-0.39, 0.29) is 6.61 Å². The molecule has 0 saturated heterocycles. The van der Waals surface area contributed by atoms with Crippen LogP contribution in [0.15, 0.2) is 36.7 Å². The standard InChI is InChI=1S/C14H15N3O4/c1-17-7-11(6-15-17)12(14(20)21)16-13(19)10-4-2-9(8-18)3-5-10/h2-7,12,18H,8H2,1H3,(H,16,19)(H,20,21). The number of aryl methyl sites for hydroxylation is 1. The third-order valence-corrected chi connectivity index (χ3v) is 2.98. The minimum atomic E-state index is -1.16. The number of carbonyl (C=O) groups is 2. The number of aromatic nitrogens is 2. The molecule has 2 aromatic rings. The van der Waals surface area contributed by atoms with E-state index in [9.17, 15) is 14.7 Å². The highest BCUT2D eigenvalue weighted by Gasteiger charge is 2.23. The van der Waals surface area contributed by atoms with E-state index in [0.717, 1.165) is 0 Å². The molecular weight excluding hydrogens is 274 g/mol. The van der Waals surface area contributed by atoms with Crippen LogP contribution in [0, 0.1) is 0 Å². The molecule has 110 valence electrons. The number of benzene rings is 1. The van der Waals surface area contributed by atoms with Crippen molar-refractivity contribution in [3.8, 4) is 0 Å². The largest absolute Gasteiger partial charge is 0.479 e. The van der Waals surface area contributed by atoms with E-state index in [2.05, 4.69) is 10.4 Å². The van der Waals surface area contributed by atoms with Gasteiger partial charge in [0.25, 0.3) is 5.91 Å². The Labute approximate surface area is 120 Å². The number of carboxylic acid groups (broad SMARTS) is 1. The van der Waals surface area contributed by atoms with Gasteiger partial charge in [0.1, 0.15) is 0 Å². The quantitative estimate of drug-likeness (QED) is 0.742. The first-order valence-electron chi connectivity index (χ1n) is 6.23. The van der Waals surface area contributed by atoms with E-state index in [1.807, 2.05) is 0 Å². The summed E-state index contributed by atoms with van der Waals surface area (Å²) in [5.74, 6) is -1.67. The maximum absolute atomic E-state index is 12.1. The van der Waals surface area contributed by atoms with Crippen LogP contribution < -0.4 is 5.32 Å². The zero-order chi connectivity index (χ0) is 15.4. The first-order valence-corrected chi connectivity index (χ1v) is 6.23. The van der Waals surface area contributed by atoms with Gasteiger partial charge in [0.15, 0.2) is 6.04 Å². The first kappa shape index (κ1) is 14.7. The monoisotopic (exact) mass is 289 g/mol. The molecule has 3 N–H and O–H groups in total. The van der Waals surface area contributed by atoms with Gasteiger partial charge in [-0.25, -0.2) is 4.79 Å². The van der Waals surface area contributed by atoms with Crippen molar-refractivity contribution in [2.75, 3.05) is 0 Å². The molecule has 0 radical (unpaired) electrons. The summed E-state index contributed by atoms with van der Waals surface area (Å²) in [6, 6.07) is 5.11. The molecule has 0 aliphatic rings. The summed E-state index contributed by atoms with van der Waals surface area (Å²) in [5.41, 5.74) is 1.39. The van der Waals surface area contributed by atoms with Gasteiger partial charge in [-0.15, -0.1) is 0 Å². The second-order valence-electron chi connectivity index (χ2n) is 4.55. The third-order valence-electron chi connectivity index (χ3n) is 2.98. The molecule has 7 heteroatoms. The summed E-state index contributed by atoms with van der Waals surface area (Å²) in [6.07, 6.45) is 2.93. The van der Waals surface area contributed by atoms with Crippen LogP contribution >= 0.6 is 0 Å². The van der Waals surface area contributed by atoms with Gasteiger partial charge in [0, 0.05) is 24.4 Å². The van der Waals surface area contributed by atoms with Crippen molar-refractivity contribution in [3.63, 3.8) is 0 Å². The molecule has 1 atom stereocenters. The normalized spacial score (nSPS) is 11.9. The highest BCUT2D eigenvalue weighted by Crippen LogP contribution is 2.13. The molecule has 0 aliphatic carbocycles. The van der Waals surface area contributed by atoms with Gasteiger partial charge in [-0.05, 0) is 17.7 Å². The van der Waals surface area contributed by atoms with Crippen molar-refractivity contribution in [1.29, 1.82) is 0 Å². The van der Waals surface area contributed by atoms with Crippen molar-refractivity contribution < 1.29 is 19.8 Å². The van der Waals surface area contributed by atoms with Gasteiger partial charge < -0.3 is 15.5 Å². The number of carboxylic acids is 1. The second-order valence-corrected chi connectivity index (χ2v) is 4.55. The van der Waals surface area contributed by atoms with E-state index in [1.54, 1.807) is 19.2 Å². The molecule has 0 spiro atoms. The number of nitrogens with zero attached hydrogens (tertiary/aromatic N) is 2. The van der Waals surface area contributed by atoms with Crippen LogP contribution in [-0.4, -0.2) is 31.9 Å². The van der Waals surface area contributed by atoms with Gasteiger partial charge >= 0.3 is 5.97 Å². The summed E-state index contributed by atoms with van der Waals surface area (Å²) in [6.45, 7) is -0.116. The minimum Gasteiger partial charge on any atom is -0.479 e. The van der Waals surface area contributed by atoms with E-state index >= 15 is 0 Å². The molecule has 21 heavy (non-hydrogen) atoms. The molecule has 7 nitrogen and oxygen atoms in total. The van der Waals surface area contributed by atoms with Crippen LogP contribution in [0.2, 0.25) is 0 Å². The lowest BCUT2D eigenvalue weighted by molar-refractivity contribution is -0.139. The highest BCUT2D eigenvalue weighted by atomic mass is 16.4. The lowest BCUT2D eigenvalue weighted by atomic mass is 10.1. The number of rotatable bonds is 5. The summed E-state index contributed by atoms with van der Waals surface area (Å²) >= 11 is 0. The molecular formula is C14H15N3O4. The van der Waals surface area contributed by atoms with Crippen molar-refractivity contribution in [3.05, 3.63) is 53.3 Å². The van der Waals surface area contributed by atoms with Crippen LogP contribution in [0.3, 0.4) is 0 Å². The van der Waals surface area contributed by atoms with Crippen molar-refractivity contribution >= 4 is 11.9 Å². The fraction of sp³-hybridized carbons (Fsp3) is 0.214. The van der Waals surface area contributed by atoms with Crippen LogP contribution in [0.1, 0.15) is 27.5 Å². The van der Waals surface area contributed by atoms with E-state index in [0.29, 0.717) is 16.7 Å². The Kier molecular flexibility index (Phi) is 4.34. The summed E-state index contributed by atoms with van der Waals surface area (Å²) in [5, 5.41) is 24.5. The first-order chi connectivity index (χ1) is 10.0. The molecule has 0 aliphatic heterocycles. The molecule has 1 unspecified atom stereocenters. The number of amides is 1. The summed E-state index contributed by atoms with van der Waals surface area (Å²) in [4.78, 5) is 23.4. The van der Waals surface area contributed by atoms with Gasteiger partial charge in [0.2, 0.25) is 0 Å². The van der Waals surface area contributed by atoms with E-state index in [1.165, 1.54) is 29.2 Å². The number of aliphatic hydroxyl groups excluding tert-OH is 1. The molecule has 0 saturated carbocycles. The Morgan fingerprint density at radius 1 is 1.33 bits per heavy atom. The molecule has 1 heterocycles. The Hall–Kier alpha value is -2.67. The number of hydrogen-bond donors (Lipinski definition) is 3. The minimum absolute atomic E-state index is 0.116. The van der Waals surface area contributed by atoms with Crippen LogP contribution in [-0.2, 0) is 18.4 Å². The zero-order valence-electron chi connectivity index (χ0n) is 11.4. The van der Waals surface area contributed by atoms with Gasteiger partial charge in [-0.2, -0.15) is 5.10 Å². The molecule has 0 fully saturated rings. The molecule has 1 aromatic heterocycles. The lowest BCUT2D eigenvalue weighted by Crippen LogP contribution is -2.33. The third kappa shape index (κ3) is 3.46. The fourth-order valence-electron chi connectivity index (χ4n) is 1.85. The number of aliphatic hydroxyl groups is 1. The Morgan fingerprint density at radius 2 is 2.00 bits per heavy atom. The Balaban J connectivity index is 2.16. The predicted octanol–water partition coefficient (Wildman–Crippen LogP) is 0.468. The maximum atomic E-state index is 12.1. The lowest BCUT2D eigenvalue weighted by Gasteiger charge is -2.13. The topological polar surface area (TPSA) is 104 Å². The van der Waals surface area contributed by atoms with Gasteiger partial charge in [-0.3, -0.25) is 9.48 Å². The molecule has 0 bridgehead atoms. The van der Waals surface area contributed by atoms with Crippen molar-refractivity contribution in [2.45, 2.75) is 12.6 Å². The van der Waals surface area contributed by atoms with Crippen molar-refractivity contribution in [1.82, 2.24) is 15.1 Å². The summed E-state index contributed by atoms with van der Waals surface area (Å²) < 4.78 is 1.47. The number of nitrogens with one attached hydrogen (secondary N) is 1. The van der Waals surface area contributed by atoms with E-state index < -0.39 is 17.9 Å². The average Bonchev–Trinajstić information content (AvgIpc) is 2.90. The van der Waals surface area contributed by atoms with E-state index in [4.69, 9.17) is 5.11 Å². The smallest absolute Gasteiger partial charge is 0.331 e. The predicted molar refractivity (Wildman–Crippen MR) is 73.4 cm³/mol. The molecule has 1 amide bonds. The number of carbonyl (C=O) groups excluding carboxylic acids is 1. The van der Waals surface area contributed by atoms with Crippen LogP contribution in [0.5, 0.6) is 0 Å². The highest BCUT2D eigenvalue weighted by molar-refractivity contribution is 5.96. The molecule has 1 aromatic carbocycles. The zero-order valence-corrected chi connectivity index (χ0v) is 11.4. The maximum Gasteiger partial charge on any atom is 0.331 e. The van der Waals surface area contributed by atoms with Crippen LogP contribution in [0.4, 0.5) is 0 Å². The van der Waals surface area contributed by atoms with Crippen LogP contribution in [0.25, 0.3) is 0 Å².